The van der Waals surface area contributed by atoms with Gasteiger partial charge in [0.15, 0.2) is 0 Å². The standard InChI is InChI=1S/C16H18N2O2/c19-12-15-4-1-3-14(9-15)11-18-16(20)7-6-13-5-2-8-17-10-13/h1-5,8-10,19H,6-7,11-12H2,(H,18,20). The van der Waals surface area contributed by atoms with Crippen LogP contribution in [0.2, 0.25) is 0 Å². The average Bonchev–Trinajstić information content (AvgIpc) is 2.52. The quantitative estimate of drug-likeness (QED) is 0.841. The number of aliphatic hydroxyl groups excluding tert-OH is 1. The molecule has 4 heteroatoms. The Bertz CT molecular complexity index is 555. The highest BCUT2D eigenvalue weighted by molar-refractivity contribution is 5.76. The molecule has 2 aromatic rings. The number of aryl methyl sites for hydroxylation is 1. The Morgan fingerprint density at radius 2 is 1.95 bits per heavy atom. The molecule has 0 radical (unpaired) electrons. The number of nitrogens with one attached hydrogen (secondary N) is 1. The predicted octanol–water partition coefficient (Wildman–Crippen LogP) is 1.82. The van der Waals surface area contributed by atoms with Crippen molar-refractivity contribution in [2.75, 3.05) is 0 Å². The zero-order chi connectivity index (χ0) is 14.2. The monoisotopic (exact) mass is 270 g/mol. The molecule has 0 aliphatic rings. The maximum atomic E-state index is 11.8. The van der Waals surface area contributed by atoms with Crippen LogP contribution in [0.3, 0.4) is 0 Å². The molecule has 0 saturated carbocycles. The van der Waals surface area contributed by atoms with Crippen LogP contribution in [0.25, 0.3) is 0 Å². The Balaban J connectivity index is 1.77. The molecule has 0 aliphatic carbocycles. The summed E-state index contributed by atoms with van der Waals surface area (Å²) in [4.78, 5) is 15.8. The van der Waals surface area contributed by atoms with E-state index in [4.69, 9.17) is 5.11 Å². The summed E-state index contributed by atoms with van der Waals surface area (Å²) in [6, 6.07) is 11.4. The van der Waals surface area contributed by atoms with Crippen molar-refractivity contribution in [2.24, 2.45) is 0 Å². The van der Waals surface area contributed by atoms with Gasteiger partial charge in [0.05, 0.1) is 6.61 Å². The third-order valence-corrected chi connectivity index (χ3v) is 3.03. The maximum Gasteiger partial charge on any atom is 0.220 e. The highest BCUT2D eigenvalue weighted by Gasteiger charge is 2.03. The smallest absolute Gasteiger partial charge is 0.220 e. The number of carbonyl (C=O) groups excluding carboxylic acids is 1. The number of benzene rings is 1. The van der Waals surface area contributed by atoms with Crippen molar-refractivity contribution in [2.45, 2.75) is 26.0 Å². The van der Waals surface area contributed by atoms with E-state index >= 15 is 0 Å². The third kappa shape index (κ3) is 4.48. The third-order valence-electron chi connectivity index (χ3n) is 3.03. The molecule has 20 heavy (non-hydrogen) atoms. The zero-order valence-corrected chi connectivity index (χ0v) is 11.2. The molecule has 2 rings (SSSR count). The van der Waals surface area contributed by atoms with Gasteiger partial charge in [0.2, 0.25) is 5.91 Å². The molecule has 1 aromatic heterocycles. The highest BCUT2D eigenvalue weighted by atomic mass is 16.3. The van der Waals surface area contributed by atoms with Crippen molar-refractivity contribution in [3.8, 4) is 0 Å². The molecule has 0 saturated heterocycles. The molecule has 0 spiro atoms. The Labute approximate surface area is 118 Å². The molecule has 1 amide bonds. The first-order valence-corrected chi connectivity index (χ1v) is 6.62. The van der Waals surface area contributed by atoms with E-state index in [-0.39, 0.29) is 12.5 Å². The fourth-order valence-corrected chi connectivity index (χ4v) is 1.93. The summed E-state index contributed by atoms with van der Waals surface area (Å²) in [6.45, 7) is 0.502. The van der Waals surface area contributed by atoms with Gasteiger partial charge in [-0.05, 0) is 29.2 Å². The Morgan fingerprint density at radius 1 is 1.15 bits per heavy atom. The lowest BCUT2D eigenvalue weighted by Crippen LogP contribution is -2.23. The average molecular weight is 270 g/mol. The van der Waals surface area contributed by atoms with Gasteiger partial charge in [-0.2, -0.15) is 0 Å². The van der Waals surface area contributed by atoms with Gasteiger partial charge in [-0.25, -0.2) is 0 Å². The number of aromatic nitrogens is 1. The molecule has 0 bridgehead atoms. The number of pyridine rings is 1. The van der Waals surface area contributed by atoms with Crippen LogP contribution in [0, 0.1) is 0 Å². The lowest BCUT2D eigenvalue weighted by molar-refractivity contribution is -0.121. The number of rotatable bonds is 6. The van der Waals surface area contributed by atoms with Crippen LogP contribution in [0.15, 0.2) is 48.8 Å². The van der Waals surface area contributed by atoms with Gasteiger partial charge in [0.25, 0.3) is 0 Å². The fraction of sp³-hybridized carbons (Fsp3) is 0.250. The van der Waals surface area contributed by atoms with Crippen molar-refractivity contribution >= 4 is 5.91 Å². The summed E-state index contributed by atoms with van der Waals surface area (Å²) in [7, 11) is 0. The molecule has 0 unspecified atom stereocenters. The lowest BCUT2D eigenvalue weighted by atomic mass is 10.1. The number of hydrogen-bond donors (Lipinski definition) is 2. The van der Waals surface area contributed by atoms with Crippen LogP contribution in [0.1, 0.15) is 23.1 Å². The van der Waals surface area contributed by atoms with Crippen molar-refractivity contribution < 1.29 is 9.90 Å². The fourth-order valence-electron chi connectivity index (χ4n) is 1.93. The van der Waals surface area contributed by atoms with Crippen LogP contribution in [-0.2, 0) is 24.4 Å². The minimum atomic E-state index is 0.0167. The summed E-state index contributed by atoms with van der Waals surface area (Å²) < 4.78 is 0. The second-order valence-electron chi connectivity index (χ2n) is 4.62. The summed E-state index contributed by atoms with van der Waals surface area (Å²) in [5.74, 6) is 0.0169. The molecular formula is C16H18N2O2. The van der Waals surface area contributed by atoms with Gasteiger partial charge in [-0.3, -0.25) is 9.78 Å². The van der Waals surface area contributed by atoms with E-state index in [1.54, 1.807) is 12.4 Å². The van der Waals surface area contributed by atoms with E-state index in [9.17, 15) is 4.79 Å². The Morgan fingerprint density at radius 3 is 2.70 bits per heavy atom. The van der Waals surface area contributed by atoms with Crippen molar-refractivity contribution in [3.63, 3.8) is 0 Å². The molecule has 1 aromatic carbocycles. The summed E-state index contributed by atoms with van der Waals surface area (Å²) in [5.41, 5.74) is 2.91. The maximum absolute atomic E-state index is 11.8. The largest absolute Gasteiger partial charge is 0.392 e. The van der Waals surface area contributed by atoms with Crippen molar-refractivity contribution in [3.05, 3.63) is 65.5 Å². The molecule has 1 heterocycles. The van der Waals surface area contributed by atoms with Crippen LogP contribution in [0.4, 0.5) is 0 Å². The Hall–Kier alpha value is -2.20. The molecular weight excluding hydrogens is 252 g/mol. The number of hydrogen-bond acceptors (Lipinski definition) is 3. The topological polar surface area (TPSA) is 62.2 Å². The van der Waals surface area contributed by atoms with E-state index < -0.39 is 0 Å². The van der Waals surface area contributed by atoms with E-state index in [1.807, 2.05) is 36.4 Å². The van der Waals surface area contributed by atoms with Gasteiger partial charge in [-0.1, -0.05) is 30.3 Å². The molecule has 104 valence electrons. The first kappa shape index (κ1) is 14.2. The first-order valence-electron chi connectivity index (χ1n) is 6.62. The number of carbonyl (C=O) groups is 1. The van der Waals surface area contributed by atoms with E-state index in [0.29, 0.717) is 19.4 Å². The van der Waals surface area contributed by atoms with E-state index in [1.165, 1.54) is 0 Å². The van der Waals surface area contributed by atoms with Crippen LogP contribution >= 0.6 is 0 Å². The van der Waals surface area contributed by atoms with Crippen LogP contribution < -0.4 is 5.32 Å². The van der Waals surface area contributed by atoms with Crippen LogP contribution in [0.5, 0.6) is 0 Å². The molecule has 4 nitrogen and oxygen atoms in total. The van der Waals surface area contributed by atoms with E-state index in [0.717, 1.165) is 16.7 Å². The molecule has 2 N–H and O–H groups in total. The van der Waals surface area contributed by atoms with E-state index in [2.05, 4.69) is 10.3 Å². The normalized spacial score (nSPS) is 10.2. The number of amides is 1. The second kappa shape index (κ2) is 7.40. The second-order valence-corrected chi connectivity index (χ2v) is 4.62. The summed E-state index contributed by atoms with van der Waals surface area (Å²) in [5, 5.41) is 11.9. The predicted molar refractivity (Wildman–Crippen MR) is 76.8 cm³/mol. The van der Waals surface area contributed by atoms with Gasteiger partial charge in [-0.15, -0.1) is 0 Å². The van der Waals surface area contributed by atoms with Crippen molar-refractivity contribution in [1.29, 1.82) is 0 Å². The first-order chi connectivity index (χ1) is 9.78. The molecule has 0 atom stereocenters. The summed E-state index contributed by atoms with van der Waals surface area (Å²) in [6.07, 6.45) is 4.64. The number of aliphatic hydroxyl groups is 1. The zero-order valence-electron chi connectivity index (χ0n) is 11.2. The van der Waals surface area contributed by atoms with Gasteiger partial charge >= 0.3 is 0 Å². The Kier molecular flexibility index (Phi) is 5.26. The number of nitrogens with zero attached hydrogens (tertiary/aromatic N) is 1. The molecule has 0 aliphatic heterocycles. The lowest BCUT2D eigenvalue weighted by Gasteiger charge is -2.06. The summed E-state index contributed by atoms with van der Waals surface area (Å²) >= 11 is 0. The minimum Gasteiger partial charge on any atom is -0.392 e. The van der Waals surface area contributed by atoms with Gasteiger partial charge in [0.1, 0.15) is 0 Å². The van der Waals surface area contributed by atoms with Gasteiger partial charge in [0, 0.05) is 25.4 Å². The highest BCUT2D eigenvalue weighted by Crippen LogP contribution is 2.05. The van der Waals surface area contributed by atoms with Crippen LogP contribution in [-0.4, -0.2) is 16.0 Å². The minimum absolute atomic E-state index is 0.0167. The van der Waals surface area contributed by atoms with Crippen molar-refractivity contribution in [1.82, 2.24) is 10.3 Å². The molecule has 0 fully saturated rings. The SMILES string of the molecule is O=C(CCc1cccnc1)NCc1cccc(CO)c1. The van der Waals surface area contributed by atoms with Gasteiger partial charge < -0.3 is 10.4 Å².